The lowest BCUT2D eigenvalue weighted by Gasteiger charge is -2.27. The maximum Gasteiger partial charge on any atom is 0.161 e. The van der Waals surface area contributed by atoms with E-state index in [1.54, 1.807) is 6.20 Å². The van der Waals surface area contributed by atoms with Crippen molar-refractivity contribution in [1.29, 1.82) is 0 Å². The van der Waals surface area contributed by atoms with E-state index in [2.05, 4.69) is 15.8 Å². The topological polar surface area (TPSA) is 25.4 Å². The number of likely N-dealkylation sites (N-methyl/N-ethyl adjacent to an activating group) is 1. The number of nitrogens with zero attached hydrogens (tertiary/aromatic N) is 2. The molecule has 0 aromatic carbocycles. The first kappa shape index (κ1) is 7.93. The van der Waals surface area contributed by atoms with E-state index < -0.39 is 0 Å². The summed E-state index contributed by atoms with van der Waals surface area (Å²) in [5.74, 6) is 3.32. The van der Waals surface area contributed by atoms with Gasteiger partial charge in [0.25, 0.3) is 0 Å². The number of fused-ring (bicyclic) bond motifs is 1. The second-order valence-corrected chi connectivity index (χ2v) is 2.95. The predicted molar refractivity (Wildman–Crippen MR) is 50.9 cm³/mol. The van der Waals surface area contributed by atoms with Crippen LogP contribution in [-0.4, -0.2) is 25.2 Å². The van der Waals surface area contributed by atoms with E-state index in [0.29, 0.717) is 12.3 Å². The van der Waals surface area contributed by atoms with Gasteiger partial charge in [0.15, 0.2) is 5.75 Å². The number of hydrogen-bond donors (Lipinski definition) is 0. The minimum atomic E-state index is 0.649. The Kier molecular flexibility index (Phi) is 1.82. The maximum atomic E-state index is 5.42. The van der Waals surface area contributed by atoms with Crippen LogP contribution in [-0.2, 0) is 0 Å². The smallest absolute Gasteiger partial charge is 0.161 e. The quantitative estimate of drug-likeness (QED) is 0.546. The Hall–Kier alpha value is -1.69. The van der Waals surface area contributed by atoms with Crippen LogP contribution < -0.4 is 9.64 Å². The molecule has 1 aliphatic heterocycles. The normalized spacial score (nSPS) is 14.3. The predicted octanol–water partition coefficient (Wildman–Crippen LogP) is 0.891. The second-order valence-electron chi connectivity index (χ2n) is 2.95. The number of anilines is 1. The minimum Gasteiger partial charge on any atom is -0.488 e. The fraction of sp³-hybridized carbons (Fsp3) is 0.300. The van der Waals surface area contributed by atoms with Crippen LogP contribution >= 0.6 is 0 Å². The Morgan fingerprint density at radius 3 is 3.31 bits per heavy atom. The highest BCUT2D eigenvalue weighted by Gasteiger charge is 2.14. The molecule has 66 valence electrons. The van der Waals surface area contributed by atoms with Crippen molar-refractivity contribution in [2.75, 3.05) is 25.1 Å². The lowest BCUT2D eigenvalue weighted by Crippen LogP contribution is -2.28. The Balaban J connectivity index is 2.48. The van der Waals surface area contributed by atoms with Gasteiger partial charge >= 0.3 is 0 Å². The highest BCUT2D eigenvalue weighted by molar-refractivity contribution is 5.60. The summed E-state index contributed by atoms with van der Waals surface area (Å²) in [6.07, 6.45) is 6.94. The highest BCUT2D eigenvalue weighted by Crippen LogP contribution is 2.29. The molecule has 0 spiro atoms. The number of rotatable bonds is 0. The number of pyridine rings is 1. The zero-order chi connectivity index (χ0) is 9.26. The lowest BCUT2D eigenvalue weighted by molar-refractivity contribution is 0.310. The van der Waals surface area contributed by atoms with Crippen LogP contribution in [0.15, 0.2) is 12.3 Å². The van der Waals surface area contributed by atoms with Gasteiger partial charge in [0.05, 0.1) is 18.4 Å². The molecular weight excluding hydrogens is 164 g/mol. The van der Waals surface area contributed by atoms with Crippen molar-refractivity contribution in [3.8, 4) is 18.1 Å². The highest BCUT2D eigenvalue weighted by atomic mass is 16.5. The lowest BCUT2D eigenvalue weighted by atomic mass is 10.2. The molecule has 0 unspecified atom stereocenters. The summed E-state index contributed by atoms with van der Waals surface area (Å²) in [4.78, 5) is 6.17. The summed E-state index contributed by atoms with van der Waals surface area (Å²) in [5.41, 5.74) is 1.67. The summed E-state index contributed by atoms with van der Waals surface area (Å²) >= 11 is 0. The van der Waals surface area contributed by atoms with Gasteiger partial charge in [-0.25, -0.2) is 4.98 Å². The van der Waals surface area contributed by atoms with Crippen LogP contribution in [0.25, 0.3) is 0 Å². The molecule has 0 aliphatic carbocycles. The van der Waals surface area contributed by atoms with Gasteiger partial charge in [0.1, 0.15) is 12.3 Å². The van der Waals surface area contributed by atoms with Crippen LogP contribution in [0.3, 0.4) is 0 Å². The summed E-state index contributed by atoms with van der Waals surface area (Å²) in [5, 5.41) is 0. The molecule has 2 rings (SSSR count). The molecule has 1 aliphatic rings. The van der Waals surface area contributed by atoms with Crippen molar-refractivity contribution >= 4 is 5.69 Å². The van der Waals surface area contributed by atoms with Crippen molar-refractivity contribution < 1.29 is 4.74 Å². The second kappa shape index (κ2) is 2.98. The fourth-order valence-corrected chi connectivity index (χ4v) is 1.33. The maximum absolute atomic E-state index is 5.42. The molecule has 0 saturated heterocycles. The van der Waals surface area contributed by atoms with Gasteiger partial charge in [0.2, 0.25) is 0 Å². The third kappa shape index (κ3) is 1.31. The van der Waals surface area contributed by atoms with E-state index in [4.69, 9.17) is 11.2 Å². The number of ether oxygens (including phenoxy) is 1. The number of terminal acetylenes is 1. The van der Waals surface area contributed by atoms with Crippen LogP contribution in [0.2, 0.25) is 0 Å². The molecule has 1 aromatic rings. The molecular formula is C10H10N2O. The van der Waals surface area contributed by atoms with Gasteiger partial charge in [-0.2, -0.15) is 0 Å². The first-order chi connectivity index (χ1) is 6.31. The van der Waals surface area contributed by atoms with Gasteiger partial charge in [-0.15, -0.1) is 6.42 Å². The molecule has 1 aromatic heterocycles. The molecule has 3 nitrogen and oxygen atoms in total. The van der Waals surface area contributed by atoms with Gasteiger partial charge in [-0.05, 0) is 6.07 Å². The van der Waals surface area contributed by atoms with Crippen molar-refractivity contribution in [2.45, 2.75) is 0 Å². The number of hydrogen-bond acceptors (Lipinski definition) is 3. The monoisotopic (exact) mass is 174 g/mol. The van der Waals surface area contributed by atoms with E-state index in [1.807, 2.05) is 13.1 Å². The molecule has 0 N–H and O–H groups in total. The molecule has 0 radical (unpaired) electrons. The van der Waals surface area contributed by atoms with Crippen LogP contribution in [0.5, 0.6) is 5.75 Å². The molecule has 0 amide bonds. The first-order valence-electron chi connectivity index (χ1n) is 4.12. The third-order valence-corrected chi connectivity index (χ3v) is 2.09. The van der Waals surface area contributed by atoms with Gasteiger partial charge in [-0.1, -0.05) is 5.92 Å². The van der Waals surface area contributed by atoms with E-state index in [1.165, 1.54) is 0 Å². The number of aromatic nitrogens is 1. The van der Waals surface area contributed by atoms with Crippen molar-refractivity contribution in [3.63, 3.8) is 0 Å². The van der Waals surface area contributed by atoms with E-state index >= 15 is 0 Å². The van der Waals surface area contributed by atoms with E-state index in [0.717, 1.165) is 18.0 Å². The average molecular weight is 174 g/mol. The van der Waals surface area contributed by atoms with Crippen molar-refractivity contribution in [3.05, 3.63) is 18.0 Å². The Morgan fingerprint density at radius 1 is 1.69 bits per heavy atom. The average Bonchev–Trinajstić information content (AvgIpc) is 2.18. The van der Waals surface area contributed by atoms with Gasteiger partial charge in [0, 0.05) is 7.05 Å². The van der Waals surface area contributed by atoms with E-state index in [-0.39, 0.29) is 0 Å². The largest absolute Gasteiger partial charge is 0.488 e. The van der Waals surface area contributed by atoms with Crippen LogP contribution in [0, 0.1) is 12.3 Å². The molecule has 0 saturated carbocycles. The van der Waals surface area contributed by atoms with Crippen molar-refractivity contribution in [2.24, 2.45) is 0 Å². The van der Waals surface area contributed by atoms with Crippen molar-refractivity contribution in [1.82, 2.24) is 4.98 Å². The standard InChI is InChI=1S/C10H10N2O/c1-3-8-6-9-10(7-11-8)13-5-4-12(9)2/h1,6-7H,4-5H2,2H3. The fourth-order valence-electron chi connectivity index (χ4n) is 1.33. The molecule has 13 heavy (non-hydrogen) atoms. The van der Waals surface area contributed by atoms with Crippen LogP contribution in [0.1, 0.15) is 5.69 Å². The van der Waals surface area contributed by atoms with Gasteiger partial charge in [-0.3, -0.25) is 0 Å². The summed E-state index contributed by atoms with van der Waals surface area (Å²) in [7, 11) is 2.02. The molecule has 0 atom stereocenters. The minimum absolute atomic E-state index is 0.649. The zero-order valence-corrected chi connectivity index (χ0v) is 7.45. The molecule has 3 heteroatoms. The van der Waals surface area contributed by atoms with E-state index in [9.17, 15) is 0 Å². The zero-order valence-electron chi connectivity index (χ0n) is 7.45. The Bertz CT molecular complexity index is 368. The molecule has 0 fully saturated rings. The summed E-state index contributed by atoms with van der Waals surface area (Å²) in [6, 6.07) is 1.87. The Morgan fingerprint density at radius 2 is 2.54 bits per heavy atom. The van der Waals surface area contributed by atoms with Crippen LogP contribution in [0.4, 0.5) is 5.69 Å². The molecule has 2 heterocycles. The SMILES string of the molecule is C#Cc1cc2c(cn1)OCCN2C. The first-order valence-corrected chi connectivity index (χ1v) is 4.12. The van der Waals surface area contributed by atoms with Gasteiger partial charge < -0.3 is 9.64 Å². The summed E-state index contributed by atoms with van der Waals surface area (Å²) in [6.45, 7) is 1.60. The summed E-state index contributed by atoms with van der Waals surface area (Å²) < 4.78 is 5.42. The molecule has 0 bridgehead atoms. The third-order valence-electron chi connectivity index (χ3n) is 2.09. The Labute approximate surface area is 77.3 Å².